The fourth-order valence-electron chi connectivity index (χ4n) is 1.42. The van der Waals surface area contributed by atoms with Gasteiger partial charge in [-0.1, -0.05) is 0 Å². The van der Waals surface area contributed by atoms with Gasteiger partial charge in [0.25, 0.3) is 0 Å². The van der Waals surface area contributed by atoms with Gasteiger partial charge in [-0.3, -0.25) is 19.7 Å². The number of rotatable bonds is 4. The number of hydrogen-bond donors (Lipinski definition) is 1. The first-order chi connectivity index (χ1) is 8.25. The van der Waals surface area contributed by atoms with Crippen molar-refractivity contribution in [2.24, 2.45) is 5.73 Å². The van der Waals surface area contributed by atoms with Gasteiger partial charge < -0.3 is 5.73 Å². The Labute approximate surface area is 98.7 Å². The average Bonchev–Trinajstić information content (AvgIpc) is 2.38. The van der Waals surface area contributed by atoms with Crippen molar-refractivity contribution < 1.29 is 4.79 Å². The summed E-state index contributed by atoms with van der Waals surface area (Å²) in [6, 6.07) is 3.78. The topological polar surface area (TPSA) is 81.8 Å². The Kier molecular flexibility index (Phi) is 3.40. The fourth-order valence-corrected chi connectivity index (χ4v) is 1.42. The van der Waals surface area contributed by atoms with Gasteiger partial charge in [-0.2, -0.15) is 0 Å². The van der Waals surface area contributed by atoms with E-state index in [0.29, 0.717) is 12.8 Å². The lowest BCUT2D eigenvalue weighted by Crippen LogP contribution is -2.11. The van der Waals surface area contributed by atoms with Crippen LogP contribution in [0.4, 0.5) is 0 Å². The summed E-state index contributed by atoms with van der Waals surface area (Å²) in [6.07, 6.45) is 7.54. The lowest BCUT2D eigenvalue weighted by molar-refractivity contribution is -0.118. The van der Waals surface area contributed by atoms with Gasteiger partial charge in [0.1, 0.15) is 0 Å². The third-order valence-electron chi connectivity index (χ3n) is 2.31. The van der Waals surface area contributed by atoms with Crippen LogP contribution < -0.4 is 5.73 Å². The van der Waals surface area contributed by atoms with Crippen LogP contribution >= 0.6 is 0 Å². The summed E-state index contributed by atoms with van der Waals surface area (Å²) in [5, 5.41) is 0. The van der Waals surface area contributed by atoms with E-state index < -0.39 is 0 Å². The number of aromatic nitrogens is 3. The predicted molar refractivity (Wildman–Crippen MR) is 62.8 cm³/mol. The standard InChI is InChI=1S/C12H12N4O/c13-12(17)4-3-10-2-1-9(7-16-10)11-8-14-5-6-15-11/h1-2,5-8H,3-4H2,(H2,13,17). The number of nitrogens with zero attached hydrogens (tertiary/aromatic N) is 3. The molecule has 0 fully saturated rings. The number of carbonyl (C=O) groups is 1. The SMILES string of the molecule is NC(=O)CCc1ccc(-c2cnccn2)cn1. The van der Waals surface area contributed by atoms with Crippen LogP contribution in [-0.4, -0.2) is 20.9 Å². The summed E-state index contributed by atoms with van der Waals surface area (Å²) in [7, 11) is 0. The van der Waals surface area contributed by atoms with E-state index in [4.69, 9.17) is 5.73 Å². The first kappa shape index (κ1) is 11.2. The number of amides is 1. The zero-order valence-corrected chi connectivity index (χ0v) is 9.21. The minimum absolute atomic E-state index is 0.315. The molecule has 2 rings (SSSR count). The van der Waals surface area contributed by atoms with E-state index in [9.17, 15) is 4.79 Å². The Morgan fingerprint density at radius 1 is 1.18 bits per heavy atom. The zero-order valence-electron chi connectivity index (χ0n) is 9.21. The van der Waals surface area contributed by atoms with Gasteiger partial charge in [-0.25, -0.2) is 0 Å². The first-order valence-corrected chi connectivity index (χ1v) is 5.25. The summed E-state index contributed by atoms with van der Waals surface area (Å²) < 4.78 is 0. The second-order valence-corrected chi connectivity index (χ2v) is 3.60. The highest BCUT2D eigenvalue weighted by atomic mass is 16.1. The highest BCUT2D eigenvalue weighted by Gasteiger charge is 2.01. The second kappa shape index (κ2) is 5.16. The van der Waals surface area contributed by atoms with Crippen molar-refractivity contribution in [2.75, 3.05) is 0 Å². The van der Waals surface area contributed by atoms with E-state index >= 15 is 0 Å². The Hall–Kier alpha value is -2.30. The van der Waals surface area contributed by atoms with Crippen LogP contribution in [-0.2, 0) is 11.2 Å². The molecule has 2 aromatic heterocycles. The van der Waals surface area contributed by atoms with Gasteiger partial charge in [0.05, 0.1) is 11.9 Å². The molecule has 0 saturated heterocycles. The van der Waals surface area contributed by atoms with Crippen LogP contribution in [0.2, 0.25) is 0 Å². The maximum Gasteiger partial charge on any atom is 0.217 e. The molecule has 5 nitrogen and oxygen atoms in total. The monoisotopic (exact) mass is 228 g/mol. The summed E-state index contributed by atoms with van der Waals surface area (Å²) in [6.45, 7) is 0. The number of aryl methyl sites for hydroxylation is 1. The van der Waals surface area contributed by atoms with Crippen molar-refractivity contribution in [1.29, 1.82) is 0 Å². The molecular formula is C12H12N4O. The summed E-state index contributed by atoms with van der Waals surface area (Å²) in [4.78, 5) is 23.1. The maximum atomic E-state index is 10.6. The third-order valence-corrected chi connectivity index (χ3v) is 2.31. The van der Waals surface area contributed by atoms with Gasteiger partial charge in [-0.15, -0.1) is 0 Å². The van der Waals surface area contributed by atoms with E-state index in [-0.39, 0.29) is 5.91 Å². The number of nitrogens with two attached hydrogens (primary N) is 1. The third kappa shape index (κ3) is 3.07. The van der Waals surface area contributed by atoms with Gasteiger partial charge >= 0.3 is 0 Å². The van der Waals surface area contributed by atoms with Crippen molar-refractivity contribution in [3.05, 3.63) is 42.6 Å². The first-order valence-electron chi connectivity index (χ1n) is 5.25. The normalized spacial score (nSPS) is 10.1. The van der Waals surface area contributed by atoms with Crippen LogP contribution in [0.5, 0.6) is 0 Å². The van der Waals surface area contributed by atoms with Crippen molar-refractivity contribution in [2.45, 2.75) is 12.8 Å². The Bertz CT molecular complexity index is 496. The molecule has 2 aromatic rings. The molecule has 0 aliphatic carbocycles. The molecule has 0 bridgehead atoms. The smallest absolute Gasteiger partial charge is 0.217 e. The molecule has 0 aliphatic rings. The lowest BCUT2D eigenvalue weighted by Gasteiger charge is -2.01. The maximum absolute atomic E-state index is 10.6. The van der Waals surface area contributed by atoms with Crippen LogP contribution in [0, 0.1) is 0 Å². The van der Waals surface area contributed by atoms with Crippen LogP contribution in [0.25, 0.3) is 11.3 Å². The fraction of sp³-hybridized carbons (Fsp3) is 0.167. The largest absolute Gasteiger partial charge is 0.370 e. The molecule has 86 valence electrons. The zero-order chi connectivity index (χ0) is 12.1. The number of pyridine rings is 1. The summed E-state index contributed by atoms with van der Waals surface area (Å²) >= 11 is 0. The molecule has 0 saturated carbocycles. The molecular weight excluding hydrogens is 216 g/mol. The van der Waals surface area contributed by atoms with Crippen molar-refractivity contribution in [3.63, 3.8) is 0 Å². The molecule has 1 amide bonds. The van der Waals surface area contributed by atoms with Gasteiger partial charge in [0, 0.05) is 36.3 Å². The highest BCUT2D eigenvalue weighted by Crippen LogP contribution is 2.14. The Balaban J connectivity index is 2.11. The number of carbonyl (C=O) groups excluding carboxylic acids is 1. The molecule has 0 aromatic carbocycles. The molecule has 0 atom stereocenters. The van der Waals surface area contributed by atoms with Crippen molar-refractivity contribution in [3.8, 4) is 11.3 Å². The molecule has 17 heavy (non-hydrogen) atoms. The molecule has 2 N–H and O–H groups in total. The molecule has 0 spiro atoms. The predicted octanol–water partition coefficient (Wildman–Crippen LogP) is 0.956. The van der Waals surface area contributed by atoms with Crippen molar-refractivity contribution in [1.82, 2.24) is 15.0 Å². The van der Waals surface area contributed by atoms with Crippen LogP contribution in [0.15, 0.2) is 36.9 Å². The molecule has 0 radical (unpaired) electrons. The summed E-state index contributed by atoms with van der Waals surface area (Å²) in [5.74, 6) is -0.315. The van der Waals surface area contributed by atoms with E-state index in [1.165, 1.54) is 0 Å². The molecule has 0 aliphatic heterocycles. The van der Waals surface area contributed by atoms with Crippen LogP contribution in [0.1, 0.15) is 12.1 Å². The number of primary amides is 1. The van der Waals surface area contributed by atoms with Crippen LogP contribution in [0.3, 0.4) is 0 Å². The van der Waals surface area contributed by atoms with Gasteiger partial charge in [0.2, 0.25) is 5.91 Å². The quantitative estimate of drug-likeness (QED) is 0.844. The highest BCUT2D eigenvalue weighted by molar-refractivity contribution is 5.73. The van der Waals surface area contributed by atoms with E-state index in [1.54, 1.807) is 24.8 Å². The number of hydrogen-bond acceptors (Lipinski definition) is 4. The average molecular weight is 228 g/mol. The Morgan fingerprint density at radius 3 is 2.65 bits per heavy atom. The van der Waals surface area contributed by atoms with E-state index in [2.05, 4.69) is 15.0 Å². The minimum atomic E-state index is -0.315. The van der Waals surface area contributed by atoms with E-state index in [1.807, 2.05) is 12.1 Å². The lowest BCUT2D eigenvalue weighted by atomic mass is 10.1. The van der Waals surface area contributed by atoms with Gasteiger partial charge in [-0.05, 0) is 18.6 Å². The second-order valence-electron chi connectivity index (χ2n) is 3.60. The van der Waals surface area contributed by atoms with Crippen molar-refractivity contribution >= 4 is 5.91 Å². The molecule has 0 unspecified atom stereocenters. The summed E-state index contributed by atoms with van der Waals surface area (Å²) in [5.41, 5.74) is 7.60. The minimum Gasteiger partial charge on any atom is -0.370 e. The molecule has 2 heterocycles. The van der Waals surface area contributed by atoms with Gasteiger partial charge in [0.15, 0.2) is 0 Å². The van der Waals surface area contributed by atoms with E-state index in [0.717, 1.165) is 17.0 Å². The Morgan fingerprint density at radius 2 is 2.06 bits per heavy atom. The molecule has 5 heteroatoms.